The molecule has 0 bridgehead atoms. The number of carbonyl (C=O) groups excluding carboxylic acids is 1. The van der Waals surface area contributed by atoms with Crippen molar-refractivity contribution < 1.29 is 14.6 Å². The second-order valence-electron chi connectivity index (χ2n) is 12.5. The standard InChI is InChI=1S/C33H49N3O3/c1-24(2)22-39-23-29(37)20-36(25(3)4)21-32(38)35(19-26-12-14-28(15-13-26)33(5,6)7)17-16-27-18-34-31-11-9-8-10-30(27)31/h8-15,18,24-25,29,34,37H,16-17,19-23H2,1-7H3/t29-/m0/s1. The number of fused-ring (bicyclic) bond motifs is 1. The van der Waals surface area contributed by atoms with Gasteiger partial charge in [0.2, 0.25) is 5.91 Å². The molecule has 6 nitrogen and oxygen atoms in total. The zero-order valence-corrected chi connectivity index (χ0v) is 25.0. The number of nitrogens with one attached hydrogen (secondary N) is 1. The van der Waals surface area contributed by atoms with E-state index in [0.29, 0.717) is 32.2 Å². The minimum atomic E-state index is -0.636. The van der Waals surface area contributed by atoms with Crippen molar-refractivity contribution in [2.45, 2.75) is 79.0 Å². The number of nitrogens with zero attached hydrogens (tertiary/aromatic N) is 2. The van der Waals surface area contributed by atoms with Gasteiger partial charge in [-0.05, 0) is 54.4 Å². The van der Waals surface area contributed by atoms with Gasteiger partial charge in [-0.3, -0.25) is 9.69 Å². The first-order chi connectivity index (χ1) is 18.4. The zero-order valence-electron chi connectivity index (χ0n) is 25.0. The first-order valence-electron chi connectivity index (χ1n) is 14.4. The van der Waals surface area contributed by atoms with Crippen LogP contribution < -0.4 is 0 Å². The molecular weight excluding hydrogens is 486 g/mol. The number of para-hydroxylation sites is 1. The number of carbonyl (C=O) groups is 1. The van der Waals surface area contributed by atoms with Gasteiger partial charge in [-0.15, -0.1) is 0 Å². The van der Waals surface area contributed by atoms with Crippen LogP contribution in [0.5, 0.6) is 0 Å². The Bertz CT molecular complexity index is 1160. The van der Waals surface area contributed by atoms with Crippen LogP contribution in [0.25, 0.3) is 10.9 Å². The molecule has 39 heavy (non-hydrogen) atoms. The van der Waals surface area contributed by atoms with Crippen LogP contribution in [-0.2, 0) is 27.9 Å². The van der Waals surface area contributed by atoms with Gasteiger partial charge >= 0.3 is 0 Å². The Morgan fingerprint density at radius 3 is 2.33 bits per heavy atom. The van der Waals surface area contributed by atoms with Crippen LogP contribution in [0, 0.1) is 5.92 Å². The fourth-order valence-corrected chi connectivity index (χ4v) is 4.71. The Morgan fingerprint density at radius 2 is 1.69 bits per heavy atom. The molecule has 3 rings (SSSR count). The second kappa shape index (κ2) is 14.1. The number of amides is 1. The van der Waals surface area contributed by atoms with Crippen molar-refractivity contribution in [1.29, 1.82) is 0 Å². The average Bonchev–Trinajstić information content (AvgIpc) is 3.28. The number of aliphatic hydroxyl groups is 1. The molecule has 0 radical (unpaired) electrons. The first-order valence-corrected chi connectivity index (χ1v) is 14.4. The zero-order chi connectivity index (χ0) is 28.6. The summed E-state index contributed by atoms with van der Waals surface area (Å²) >= 11 is 0. The summed E-state index contributed by atoms with van der Waals surface area (Å²) < 4.78 is 5.64. The van der Waals surface area contributed by atoms with Crippen molar-refractivity contribution in [3.63, 3.8) is 0 Å². The predicted octanol–water partition coefficient (Wildman–Crippen LogP) is 5.78. The molecule has 1 aromatic heterocycles. The molecule has 0 saturated heterocycles. The maximum absolute atomic E-state index is 13.8. The van der Waals surface area contributed by atoms with Gasteiger partial charge in [0.1, 0.15) is 0 Å². The third-order valence-electron chi connectivity index (χ3n) is 7.15. The topological polar surface area (TPSA) is 68.8 Å². The largest absolute Gasteiger partial charge is 0.389 e. The summed E-state index contributed by atoms with van der Waals surface area (Å²) in [5, 5.41) is 11.8. The lowest BCUT2D eigenvalue weighted by Crippen LogP contribution is -2.46. The van der Waals surface area contributed by atoms with E-state index in [1.54, 1.807) is 0 Å². The lowest BCUT2D eigenvalue weighted by molar-refractivity contribution is -0.134. The second-order valence-corrected chi connectivity index (χ2v) is 12.5. The molecule has 1 atom stereocenters. The van der Waals surface area contributed by atoms with Crippen molar-refractivity contribution in [2.24, 2.45) is 5.92 Å². The summed E-state index contributed by atoms with van der Waals surface area (Å²) in [7, 11) is 0. The van der Waals surface area contributed by atoms with Crippen molar-refractivity contribution in [3.8, 4) is 0 Å². The van der Waals surface area contributed by atoms with Crippen LogP contribution in [-0.4, -0.2) is 70.8 Å². The molecule has 0 aliphatic heterocycles. The smallest absolute Gasteiger partial charge is 0.237 e. The summed E-state index contributed by atoms with van der Waals surface area (Å²) in [6.07, 6.45) is 2.19. The van der Waals surface area contributed by atoms with Crippen LogP contribution >= 0.6 is 0 Å². The monoisotopic (exact) mass is 535 g/mol. The van der Waals surface area contributed by atoms with Crippen LogP contribution in [0.4, 0.5) is 0 Å². The lowest BCUT2D eigenvalue weighted by atomic mass is 9.87. The Balaban J connectivity index is 1.73. The molecule has 0 unspecified atom stereocenters. The third-order valence-corrected chi connectivity index (χ3v) is 7.15. The molecule has 0 aliphatic carbocycles. The van der Waals surface area contributed by atoms with E-state index in [9.17, 15) is 9.90 Å². The Labute approximate surface area is 235 Å². The van der Waals surface area contributed by atoms with Gasteiger partial charge in [-0.25, -0.2) is 0 Å². The lowest BCUT2D eigenvalue weighted by Gasteiger charge is -2.31. The predicted molar refractivity (Wildman–Crippen MR) is 161 cm³/mol. The minimum Gasteiger partial charge on any atom is -0.389 e. The van der Waals surface area contributed by atoms with Gasteiger partial charge in [-0.2, -0.15) is 0 Å². The summed E-state index contributed by atoms with van der Waals surface area (Å²) in [4.78, 5) is 21.1. The maximum atomic E-state index is 13.8. The molecule has 1 amide bonds. The van der Waals surface area contributed by atoms with E-state index in [1.807, 2.05) is 15.9 Å². The highest BCUT2D eigenvalue weighted by molar-refractivity contribution is 5.83. The Morgan fingerprint density at radius 1 is 1.00 bits per heavy atom. The fraction of sp³-hybridized carbons (Fsp3) is 0.545. The van der Waals surface area contributed by atoms with E-state index in [1.165, 1.54) is 16.5 Å². The summed E-state index contributed by atoms with van der Waals surface area (Å²) in [6.45, 7) is 17.7. The Hall–Kier alpha value is -2.67. The van der Waals surface area contributed by atoms with Crippen LogP contribution in [0.1, 0.15) is 65.2 Å². The molecule has 0 aliphatic rings. The normalized spacial score (nSPS) is 13.1. The van der Waals surface area contributed by atoms with E-state index in [0.717, 1.165) is 17.5 Å². The fourth-order valence-electron chi connectivity index (χ4n) is 4.71. The molecule has 3 aromatic rings. The highest BCUT2D eigenvalue weighted by Crippen LogP contribution is 2.23. The van der Waals surface area contributed by atoms with Crippen molar-refractivity contribution in [1.82, 2.24) is 14.8 Å². The highest BCUT2D eigenvalue weighted by atomic mass is 16.5. The minimum absolute atomic E-state index is 0.0683. The van der Waals surface area contributed by atoms with Crippen LogP contribution in [0.15, 0.2) is 54.7 Å². The highest BCUT2D eigenvalue weighted by Gasteiger charge is 2.23. The number of rotatable bonds is 14. The van der Waals surface area contributed by atoms with E-state index in [2.05, 4.69) is 102 Å². The third kappa shape index (κ3) is 9.48. The molecular formula is C33H49N3O3. The van der Waals surface area contributed by atoms with Gasteiger partial charge in [0.05, 0.1) is 19.3 Å². The first kappa shape index (κ1) is 30.9. The van der Waals surface area contributed by atoms with E-state index in [-0.39, 0.29) is 30.5 Å². The number of hydrogen-bond donors (Lipinski definition) is 2. The number of benzene rings is 2. The maximum Gasteiger partial charge on any atom is 0.237 e. The summed E-state index contributed by atoms with van der Waals surface area (Å²) in [5.74, 6) is 0.488. The number of H-pyrrole nitrogens is 1. The van der Waals surface area contributed by atoms with E-state index >= 15 is 0 Å². The number of aromatic nitrogens is 1. The average molecular weight is 536 g/mol. The van der Waals surface area contributed by atoms with Crippen molar-refractivity contribution >= 4 is 16.8 Å². The summed E-state index contributed by atoms with van der Waals surface area (Å²) in [6, 6.07) is 17.0. The molecule has 2 N–H and O–H groups in total. The van der Waals surface area contributed by atoms with Gasteiger partial charge in [-0.1, -0.05) is 77.1 Å². The van der Waals surface area contributed by atoms with Crippen LogP contribution in [0.3, 0.4) is 0 Å². The SMILES string of the molecule is CC(C)COC[C@@H](O)CN(CC(=O)N(CCc1c[nH]c2ccccc12)Cc1ccc(C(C)(C)C)cc1)C(C)C. The van der Waals surface area contributed by atoms with Crippen LogP contribution in [0.2, 0.25) is 0 Å². The number of aromatic amines is 1. The number of aliphatic hydroxyl groups excluding tert-OH is 1. The quantitative estimate of drug-likeness (QED) is 0.275. The molecule has 1 heterocycles. The van der Waals surface area contributed by atoms with Gasteiger partial charge in [0.15, 0.2) is 0 Å². The van der Waals surface area contributed by atoms with Gasteiger partial charge < -0.3 is 19.7 Å². The number of hydrogen-bond acceptors (Lipinski definition) is 4. The Kier molecular flexibility index (Phi) is 11.2. The van der Waals surface area contributed by atoms with E-state index in [4.69, 9.17) is 4.74 Å². The van der Waals surface area contributed by atoms with Crippen molar-refractivity contribution in [3.05, 3.63) is 71.4 Å². The van der Waals surface area contributed by atoms with E-state index < -0.39 is 6.10 Å². The molecule has 6 heteroatoms. The summed E-state index contributed by atoms with van der Waals surface area (Å²) in [5.41, 5.74) is 4.81. The molecule has 0 spiro atoms. The molecule has 2 aromatic carbocycles. The molecule has 214 valence electrons. The van der Waals surface area contributed by atoms with Crippen molar-refractivity contribution in [2.75, 3.05) is 32.8 Å². The van der Waals surface area contributed by atoms with Gasteiger partial charge in [0, 0.05) is 49.4 Å². The molecule has 0 fully saturated rings. The van der Waals surface area contributed by atoms with Gasteiger partial charge in [0.25, 0.3) is 0 Å². The number of ether oxygens (including phenoxy) is 1. The molecule has 0 saturated carbocycles.